The van der Waals surface area contributed by atoms with Crippen LogP contribution in [0, 0.1) is 0 Å². The fourth-order valence-corrected chi connectivity index (χ4v) is 5.05. The first-order valence-electron chi connectivity index (χ1n) is 9.87. The lowest BCUT2D eigenvalue weighted by atomic mass is 10.2. The quantitative estimate of drug-likeness (QED) is 0.446. The molecule has 4 aromatic rings. The van der Waals surface area contributed by atoms with Crippen molar-refractivity contribution in [2.75, 3.05) is 12.4 Å². The highest BCUT2D eigenvalue weighted by Crippen LogP contribution is 2.25. The van der Waals surface area contributed by atoms with Crippen molar-refractivity contribution in [2.45, 2.75) is 16.3 Å². The number of carbonyl (C=O) groups is 1. The molecule has 7 nitrogen and oxygen atoms in total. The Morgan fingerprint density at radius 3 is 2.45 bits per heavy atom. The zero-order chi connectivity index (χ0) is 23.6. The van der Waals surface area contributed by atoms with Gasteiger partial charge in [-0.3, -0.25) is 9.59 Å². The largest absolute Gasteiger partial charge is 0.495 e. The minimum atomic E-state index is -4.13. The van der Waals surface area contributed by atoms with Gasteiger partial charge in [0.15, 0.2) is 0 Å². The van der Waals surface area contributed by atoms with E-state index in [1.165, 1.54) is 36.1 Å². The van der Waals surface area contributed by atoms with Gasteiger partial charge >= 0.3 is 0 Å². The normalized spacial score (nSPS) is 11.3. The van der Waals surface area contributed by atoms with Crippen LogP contribution in [0.25, 0.3) is 10.9 Å². The van der Waals surface area contributed by atoms with Crippen LogP contribution in [0.2, 0.25) is 5.02 Å². The summed E-state index contributed by atoms with van der Waals surface area (Å²) in [6.07, 6.45) is 1.20. The number of rotatable bonds is 6. The van der Waals surface area contributed by atoms with Gasteiger partial charge in [0.2, 0.25) is 21.2 Å². The highest BCUT2D eigenvalue weighted by Gasteiger charge is 2.24. The monoisotopic (exact) mass is 482 g/mol. The van der Waals surface area contributed by atoms with Gasteiger partial charge in [0.1, 0.15) is 17.2 Å². The zero-order valence-corrected chi connectivity index (χ0v) is 19.1. The number of hydrogen-bond acceptors (Lipinski definition) is 5. The number of ether oxygens (including phenoxy) is 1. The molecular weight excluding hydrogens is 464 g/mol. The number of benzene rings is 3. The molecular formula is C24H19ClN2O5S. The van der Waals surface area contributed by atoms with E-state index in [1.807, 2.05) is 0 Å². The van der Waals surface area contributed by atoms with Gasteiger partial charge in [0.25, 0.3) is 0 Å². The number of para-hydroxylation sites is 2. The molecule has 0 spiro atoms. The van der Waals surface area contributed by atoms with E-state index in [9.17, 15) is 18.0 Å². The second-order valence-corrected chi connectivity index (χ2v) is 9.53. The molecule has 0 aliphatic carbocycles. The molecule has 0 aliphatic rings. The van der Waals surface area contributed by atoms with Crippen LogP contribution < -0.4 is 15.5 Å². The molecule has 9 heteroatoms. The van der Waals surface area contributed by atoms with Gasteiger partial charge in [-0.2, -0.15) is 0 Å². The van der Waals surface area contributed by atoms with Crippen LogP contribution in [-0.4, -0.2) is 26.0 Å². The van der Waals surface area contributed by atoms with E-state index >= 15 is 0 Å². The van der Waals surface area contributed by atoms with Crippen molar-refractivity contribution >= 4 is 43.9 Å². The maximum atomic E-state index is 13.2. The topological polar surface area (TPSA) is 94.5 Å². The Morgan fingerprint density at radius 1 is 1.03 bits per heavy atom. The van der Waals surface area contributed by atoms with Gasteiger partial charge in [0, 0.05) is 16.6 Å². The number of methoxy groups -OCH3 is 1. The Morgan fingerprint density at radius 2 is 1.73 bits per heavy atom. The minimum Gasteiger partial charge on any atom is -0.495 e. The Labute approximate surface area is 195 Å². The molecule has 1 aromatic heterocycles. The minimum absolute atomic E-state index is 0.0199. The molecule has 0 aliphatic heterocycles. The molecule has 0 saturated heterocycles. The highest BCUT2D eigenvalue weighted by atomic mass is 35.5. The van der Waals surface area contributed by atoms with E-state index < -0.39 is 26.1 Å². The van der Waals surface area contributed by atoms with Gasteiger partial charge < -0.3 is 14.6 Å². The summed E-state index contributed by atoms with van der Waals surface area (Å²) in [7, 11) is -2.64. The second-order valence-electron chi connectivity index (χ2n) is 7.18. The van der Waals surface area contributed by atoms with Gasteiger partial charge in [-0.1, -0.05) is 41.9 Å². The van der Waals surface area contributed by atoms with Gasteiger partial charge in [0.05, 0.1) is 23.2 Å². The lowest BCUT2D eigenvalue weighted by Crippen LogP contribution is -2.24. The lowest BCUT2D eigenvalue weighted by molar-refractivity contribution is -0.116. The molecule has 1 N–H and O–H groups in total. The van der Waals surface area contributed by atoms with Crippen LogP contribution >= 0.6 is 11.6 Å². The molecule has 4 rings (SSSR count). The Hall–Kier alpha value is -3.62. The molecule has 0 bridgehead atoms. The molecule has 168 valence electrons. The third-order valence-electron chi connectivity index (χ3n) is 5.05. The predicted octanol–water partition coefficient (Wildman–Crippen LogP) is 4.14. The Bertz CT molecular complexity index is 1520. The summed E-state index contributed by atoms with van der Waals surface area (Å²) >= 11 is 6.08. The first-order chi connectivity index (χ1) is 15.8. The summed E-state index contributed by atoms with van der Waals surface area (Å²) in [4.78, 5) is 25.5. The van der Waals surface area contributed by atoms with Gasteiger partial charge in [-0.05, 0) is 42.5 Å². The van der Waals surface area contributed by atoms with Gasteiger partial charge in [-0.25, -0.2) is 8.42 Å². The third-order valence-corrected chi connectivity index (χ3v) is 7.05. The lowest BCUT2D eigenvalue weighted by Gasteiger charge is -2.15. The van der Waals surface area contributed by atoms with Crippen molar-refractivity contribution in [3.63, 3.8) is 0 Å². The number of halogens is 1. The van der Waals surface area contributed by atoms with Crippen LogP contribution in [0.15, 0.2) is 93.6 Å². The maximum absolute atomic E-state index is 13.2. The second kappa shape index (κ2) is 9.09. The molecule has 0 radical (unpaired) electrons. The molecule has 3 aromatic carbocycles. The van der Waals surface area contributed by atoms with E-state index in [4.69, 9.17) is 16.3 Å². The van der Waals surface area contributed by atoms with E-state index in [2.05, 4.69) is 5.32 Å². The summed E-state index contributed by atoms with van der Waals surface area (Å²) in [5, 5.41) is 3.13. The number of anilines is 1. The molecule has 1 heterocycles. The number of carbonyl (C=O) groups excluding carboxylic acids is 1. The average molecular weight is 483 g/mol. The fourth-order valence-electron chi connectivity index (χ4n) is 3.48. The number of sulfone groups is 1. The number of hydrogen-bond donors (Lipinski definition) is 1. The van der Waals surface area contributed by atoms with E-state index in [0.717, 1.165) is 0 Å². The van der Waals surface area contributed by atoms with Crippen molar-refractivity contribution in [1.82, 2.24) is 4.57 Å². The van der Waals surface area contributed by atoms with Crippen LogP contribution in [-0.2, 0) is 21.2 Å². The van der Waals surface area contributed by atoms with Crippen LogP contribution in [0.4, 0.5) is 5.69 Å². The summed E-state index contributed by atoms with van der Waals surface area (Å²) in [6, 6.07) is 19.1. The van der Waals surface area contributed by atoms with E-state index in [-0.39, 0.29) is 21.8 Å². The van der Waals surface area contributed by atoms with Gasteiger partial charge in [-0.15, -0.1) is 0 Å². The standard InChI is InChI=1S/C24H19ClN2O5S/c1-32-21-10-6-5-9-19(21)26-23(28)15-27-14-22(33(30,31)17-7-3-2-4-8-17)24(29)18-13-16(25)11-12-20(18)27/h2-14H,15H2,1H3,(H,26,28). The summed E-state index contributed by atoms with van der Waals surface area (Å²) < 4.78 is 33.1. The SMILES string of the molecule is COc1ccccc1NC(=O)Cn1cc(S(=O)(=O)c2ccccc2)c(=O)c2cc(Cl)ccc21. The number of amides is 1. The Balaban J connectivity index is 1.82. The zero-order valence-electron chi connectivity index (χ0n) is 17.5. The molecule has 0 fully saturated rings. The smallest absolute Gasteiger partial charge is 0.244 e. The number of pyridine rings is 1. The van der Waals surface area contributed by atoms with Crippen LogP contribution in [0.1, 0.15) is 0 Å². The van der Waals surface area contributed by atoms with E-state index in [0.29, 0.717) is 17.0 Å². The number of nitrogens with one attached hydrogen (secondary N) is 1. The third kappa shape index (κ3) is 4.48. The summed E-state index contributed by atoms with van der Waals surface area (Å²) in [5.74, 6) is 0.0530. The Kier molecular flexibility index (Phi) is 6.22. The number of aromatic nitrogens is 1. The molecule has 0 unspecified atom stereocenters. The van der Waals surface area contributed by atoms with E-state index in [1.54, 1.807) is 54.6 Å². The first kappa shape index (κ1) is 22.6. The van der Waals surface area contributed by atoms with Crippen molar-refractivity contribution in [2.24, 2.45) is 0 Å². The van der Waals surface area contributed by atoms with Crippen LogP contribution in [0.5, 0.6) is 5.75 Å². The fraction of sp³-hybridized carbons (Fsp3) is 0.0833. The van der Waals surface area contributed by atoms with Crippen molar-refractivity contribution in [3.05, 3.63) is 94.2 Å². The highest BCUT2D eigenvalue weighted by molar-refractivity contribution is 7.91. The predicted molar refractivity (Wildman–Crippen MR) is 127 cm³/mol. The molecule has 1 amide bonds. The number of nitrogens with zero attached hydrogens (tertiary/aromatic N) is 1. The molecule has 33 heavy (non-hydrogen) atoms. The average Bonchev–Trinajstić information content (AvgIpc) is 2.81. The van der Waals surface area contributed by atoms with Crippen LogP contribution in [0.3, 0.4) is 0 Å². The summed E-state index contributed by atoms with van der Waals surface area (Å²) in [6.45, 7) is -0.242. The number of fused-ring (bicyclic) bond motifs is 1. The summed E-state index contributed by atoms with van der Waals surface area (Å²) in [5.41, 5.74) is 0.167. The van der Waals surface area contributed by atoms with Crippen molar-refractivity contribution in [1.29, 1.82) is 0 Å². The molecule has 0 atom stereocenters. The maximum Gasteiger partial charge on any atom is 0.244 e. The van der Waals surface area contributed by atoms with Crippen molar-refractivity contribution in [3.8, 4) is 5.75 Å². The van der Waals surface area contributed by atoms with Crippen molar-refractivity contribution < 1.29 is 17.9 Å². The molecule has 0 saturated carbocycles. The first-order valence-corrected chi connectivity index (χ1v) is 11.7.